The van der Waals surface area contributed by atoms with E-state index >= 15 is 0 Å². The Bertz CT molecular complexity index is 349. The van der Waals surface area contributed by atoms with Crippen LogP contribution in [0.2, 0.25) is 0 Å². The number of ketones is 1. The largest absolute Gasteiger partial charge is 0.367 e. The fourth-order valence-electron chi connectivity index (χ4n) is 4.82. The third kappa shape index (κ3) is 1.39. The zero-order valence-corrected chi connectivity index (χ0v) is 10.7. The highest BCUT2D eigenvalue weighted by atomic mass is 16.6. The molecule has 0 bridgehead atoms. The molecule has 3 heteroatoms. The molecule has 1 heterocycles. The number of aliphatic hydroxyl groups is 1. The second-order valence-corrected chi connectivity index (χ2v) is 6.75. The molecule has 4 atom stereocenters. The number of aliphatic hydroxyl groups excluding tert-OH is 1. The standard InChI is InChI=1S/C14H22O3/c1-13(2)6-3-7-14-9(8-17-12(14)16)10(15)4-5-11(13)14/h9,11-12,16H,3-8H2,1-2H3/t9?,11?,12?,14-/m0/s1. The van der Waals surface area contributed by atoms with Crippen molar-refractivity contribution in [1.29, 1.82) is 0 Å². The molecule has 0 radical (unpaired) electrons. The summed E-state index contributed by atoms with van der Waals surface area (Å²) >= 11 is 0. The summed E-state index contributed by atoms with van der Waals surface area (Å²) in [6.07, 6.45) is 4.15. The summed E-state index contributed by atoms with van der Waals surface area (Å²) in [6.45, 7) is 5.01. The van der Waals surface area contributed by atoms with E-state index in [4.69, 9.17) is 4.74 Å². The van der Waals surface area contributed by atoms with Crippen LogP contribution in [0.4, 0.5) is 0 Å². The van der Waals surface area contributed by atoms with Gasteiger partial charge in [-0.1, -0.05) is 20.3 Å². The van der Waals surface area contributed by atoms with Gasteiger partial charge in [-0.3, -0.25) is 4.79 Å². The number of Topliss-reactive ketones (excluding diaryl/α,β-unsaturated/α-hetero) is 1. The van der Waals surface area contributed by atoms with E-state index in [1.165, 1.54) is 6.42 Å². The third-order valence-corrected chi connectivity index (χ3v) is 5.62. The third-order valence-electron chi connectivity index (χ3n) is 5.62. The number of hydrogen-bond acceptors (Lipinski definition) is 3. The van der Waals surface area contributed by atoms with Crippen molar-refractivity contribution >= 4 is 5.78 Å². The lowest BCUT2D eigenvalue weighted by Gasteiger charge is -2.55. The Morgan fingerprint density at radius 1 is 1.35 bits per heavy atom. The average Bonchev–Trinajstić information content (AvgIpc) is 2.57. The van der Waals surface area contributed by atoms with E-state index in [-0.39, 0.29) is 16.7 Å². The van der Waals surface area contributed by atoms with Gasteiger partial charge in [0.25, 0.3) is 0 Å². The van der Waals surface area contributed by atoms with Crippen LogP contribution < -0.4 is 0 Å². The van der Waals surface area contributed by atoms with Gasteiger partial charge in [0.15, 0.2) is 6.29 Å². The number of ether oxygens (including phenoxy) is 1. The molecule has 1 N–H and O–H groups in total. The maximum atomic E-state index is 12.1. The summed E-state index contributed by atoms with van der Waals surface area (Å²) in [7, 11) is 0. The Hall–Kier alpha value is -0.410. The molecule has 0 aromatic carbocycles. The maximum absolute atomic E-state index is 12.1. The summed E-state index contributed by atoms with van der Waals surface area (Å²) in [5.41, 5.74) is -0.0387. The quantitative estimate of drug-likeness (QED) is 0.703. The Morgan fingerprint density at radius 3 is 2.88 bits per heavy atom. The summed E-state index contributed by atoms with van der Waals surface area (Å²) in [4.78, 5) is 12.1. The number of rotatable bonds is 0. The van der Waals surface area contributed by atoms with E-state index in [1.54, 1.807) is 0 Å². The van der Waals surface area contributed by atoms with Crippen LogP contribution in [0.15, 0.2) is 0 Å². The normalized spacial score (nSPS) is 48.6. The maximum Gasteiger partial charge on any atom is 0.161 e. The van der Waals surface area contributed by atoms with E-state index in [9.17, 15) is 9.90 Å². The fourth-order valence-corrected chi connectivity index (χ4v) is 4.82. The molecule has 3 aliphatic rings. The van der Waals surface area contributed by atoms with E-state index in [0.29, 0.717) is 24.7 Å². The molecule has 0 aromatic rings. The number of carbonyl (C=O) groups is 1. The highest BCUT2D eigenvalue weighted by Crippen LogP contribution is 2.62. The minimum Gasteiger partial charge on any atom is -0.367 e. The molecule has 3 nitrogen and oxygen atoms in total. The summed E-state index contributed by atoms with van der Waals surface area (Å²) in [5.74, 6) is 0.704. The van der Waals surface area contributed by atoms with Crippen molar-refractivity contribution in [3.05, 3.63) is 0 Å². The molecule has 2 aliphatic carbocycles. The molecule has 96 valence electrons. The van der Waals surface area contributed by atoms with Crippen molar-refractivity contribution in [2.45, 2.75) is 52.2 Å². The van der Waals surface area contributed by atoms with Crippen LogP contribution in [0.3, 0.4) is 0 Å². The van der Waals surface area contributed by atoms with Crippen LogP contribution >= 0.6 is 0 Å². The molecule has 0 aromatic heterocycles. The minimum atomic E-state index is -0.721. The van der Waals surface area contributed by atoms with Crippen LogP contribution in [0.25, 0.3) is 0 Å². The van der Waals surface area contributed by atoms with Gasteiger partial charge in [-0.15, -0.1) is 0 Å². The van der Waals surface area contributed by atoms with Crippen molar-refractivity contribution < 1.29 is 14.6 Å². The second-order valence-electron chi connectivity index (χ2n) is 6.75. The Kier molecular flexibility index (Phi) is 2.43. The number of hydrogen-bond donors (Lipinski definition) is 1. The molecule has 2 saturated carbocycles. The smallest absolute Gasteiger partial charge is 0.161 e. The molecule has 1 saturated heterocycles. The first-order valence-electron chi connectivity index (χ1n) is 6.81. The van der Waals surface area contributed by atoms with Gasteiger partial charge in [-0.05, 0) is 30.6 Å². The average molecular weight is 238 g/mol. The lowest BCUT2D eigenvalue weighted by atomic mass is 9.48. The van der Waals surface area contributed by atoms with Crippen molar-refractivity contribution in [2.24, 2.45) is 22.7 Å². The first-order valence-corrected chi connectivity index (χ1v) is 6.81. The highest BCUT2D eigenvalue weighted by molar-refractivity contribution is 5.83. The fraction of sp³-hybridized carbons (Fsp3) is 0.929. The molecule has 0 amide bonds. The zero-order valence-electron chi connectivity index (χ0n) is 10.7. The molecular formula is C14H22O3. The van der Waals surface area contributed by atoms with Crippen LogP contribution in [0.5, 0.6) is 0 Å². The van der Waals surface area contributed by atoms with Crippen molar-refractivity contribution in [2.75, 3.05) is 6.61 Å². The molecule has 17 heavy (non-hydrogen) atoms. The molecule has 3 unspecified atom stereocenters. The Morgan fingerprint density at radius 2 is 2.12 bits per heavy atom. The Labute approximate surface area is 103 Å². The van der Waals surface area contributed by atoms with Crippen molar-refractivity contribution in [3.63, 3.8) is 0 Å². The van der Waals surface area contributed by atoms with Gasteiger partial charge >= 0.3 is 0 Å². The van der Waals surface area contributed by atoms with Gasteiger partial charge in [0.05, 0.1) is 12.5 Å². The van der Waals surface area contributed by atoms with Gasteiger partial charge in [0, 0.05) is 11.8 Å². The van der Waals surface area contributed by atoms with Crippen molar-refractivity contribution in [1.82, 2.24) is 0 Å². The first-order chi connectivity index (χ1) is 7.98. The summed E-state index contributed by atoms with van der Waals surface area (Å²) in [6, 6.07) is 0. The topological polar surface area (TPSA) is 46.5 Å². The molecule has 3 fully saturated rings. The van der Waals surface area contributed by atoms with Crippen molar-refractivity contribution in [3.8, 4) is 0 Å². The summed E-state index contributed by atoms with van der Waals surface area (Å²) in [5, 5.41) is 10.3. The zero-order chi connectivity index (χ0) is 12.3. The molecular weight excluding hydrogens is 216 g/mol. The van der Waals surface area contributed by atoms with Gasteiger partial charge in [-0.25, -0.2) is 0 Å². The van der Waals surface area contributed by atoms with Crippen LogP contribution in [-0.2, 0) is 9.53 Å². The van der Waals surface area contributed by atoms with Gasteiger partial charge in [0.1, 0.15) is 5.78 Å². The van der Waals surface area contributed by atoms with Gasteiger partial charge in [0.2, 0.25) is 0 Å². The summed E-state index contributed by atoms with van der Waals surface area (Å²) < 4.78 is 5.46. The van der Waals surface area contributed by atoms with E-state index in [0.717, 1.165) is 19.3 Å². The number of carbonyl (C=O) groups excluding carboxylic acids is 1. The SMILES string of the molecule is CC1(C)CCC[C@]23C(O)OCC2C(=O)CCC13. The van der Waals surface area contributed by atoms with Crippen LogP contribution in [0.1, 0.15) is 46.0 Å². The molecule has 3 rings (SSSR count). The van der Waals surface area contributed by atoms with Crippen LogP contribution in [0, 0.1) is 22.7 Å². The van der Waals surface area contributed by atoms with E-state index in [2.05, 4.69) is 13.8 Å². The predicted molar refractivity (Wildman–Crippen MR) is 63.2 cm³/mol. The van der Waals surface area contributed by atoms with Gasteiger partial charge in [-0.2, -0.15) is 0 Å². The lowest BCUT2D eigenvalue weighted by molar-refractivity contribution is -0.186. The minimum absolute atomic E-state index is 0.0455. The van der Waals surface area contributed by atoms with E-state index < -0.39 is 6.29 Å². The monoisotopic (exact) mass is 238 g/mol. The first kappa shape index (κ1) is 11.7. The van der Waals surface area contributed by atoms with Gasteiger partial charge < -0.3 is 9.84 Å². The molecule has 1 aliphatic heterocycles. The highest BCUT2D eigenvalue weighted by Gasteiger charge is 2.64. The second kappa shape index (κ2) is 3.55. The Balaban J connectivity index is 2.06. The predicted octanol–water partition coefficient (Wildman–Crippen LogP) is 2.13. The lowest BCUT2D eigenvalue weighted by Crippen LogP contribution is -2.56. The molecule has 1 spiro atoms. The van der Waals surface area contributed by atoms with E-state index in [1.807, 2.05) is 0 Å². The van der Waals surface area contributed by atoms with Crippen LogP contribution in [-0.4, -0.2) is 23.8 Å².